The number of rotatable bonds is 21. The standard InChI is InChI=1S/C42H60O7/c1-7-11-22-45-29-36-39(46-23-12-8-2)41(48-25-14-10-4)40(47-24-13-9-3)38(49-36)35-27-31(21-20-30(35)5)26-33-28-32-18-16-15-17-19-34(32)37(33)42(43)44-6/h15-21,27-28,36,38-41H,7-14,22-26,29H2,1-6H3/t36-,38+,39-,40+,41+/m1/s1. The van der Waals surface area contributed by atoms with Crippen LogP contribution in [-0.2, 0) is 34.8 Å². The van der Waals surface area contributed by atoms with Crippen molar-refractivity contribution in [1.29, 1.82) is 0 Å². The van der Waals surface area contributed by atoms with Gasteiger partial charge in [0, 0.05) is 26.4 Å². The van der Waals surface area contributed by atoms with Crippen LogP contribution in [0.25, 0.3) is 11.1 Å². The van der Waals surface area contributed by atoms with Crippen LogP contribution in [0.15, 0.2) is 54.6 Å². The van der Waals surface area contributed by atoms with Gasteiger partial charge >= 0.3 is 5.97 Å². The summed E-state index contributed by atoms with van der Waals surface area (Å²) in [6.45, 7) is 13.8. The van der Waals surface area contributed by atoms with Crippen molar-refractivity contribution < 1.29 is 33.2 Å². The lowest BCUT2D eigenvalue weighted by atomic mass is 9.87. The Kier molecular flexibility index (Phi) is 16.5. The summed E-state index contributed by atoms with van der Waals surface area (Å²) in [5.41, 5.74) is 6.74. The van der Waals surface area contributed by atoms with Crippen LogP contribution in [0.1, 0.15) is 118 Å². The quantitative estimate of drug-likeness (QED) is 0.0823. The molecule has 3 aliphatic rings. The van der Waals surface area contributed by atoms with Gasteiger partial charge in [0.05, 0.1) is 19.3 Å². The number of benzene rings is 1. The molecule has 1 fully saturated rings. The lowest BCUT2D eigenvalue weighted by Gasteiger charge is -2.47. The van der Waals surface area contributed by atoms with Crippen LogP contribution in [0.5, 0.6) is 0 Å². The fraction of sp³-hybridized carbons (Fsp3) is 0.595. The number of hydrogen-bond donors (Lipinski definition) is 0. The van der Waals surface area contributed by atoms with Gasteiger partial charge in [-0.1, -0.05) is 102 Å². The summed E-state index contributed by atoms with van der Waals surface area (Å²) in [7, 11) is 1.44. The van der Waals surface area contributed by atoms with Gasteiger partial charge in [-0.05, 0) is 78.5 Å². The Hall–Kier alpha value is -2.81. The number of fused-ring (bicyclic) bond motifs is 1. The number of carbonyl (C=O) groups excluding carboxylic acids is 1. The Labute approximate surface area is 295 Å². The summed E-state index contributed by atoms with van der Waals surface area (Å²) in [6.07, 6.45) is 6.99. The van der Waals surface area contributed by atoms with Gasteiger partial charge in [0.2, 0.25) is 0 Å². The van der Waals surface area contributed by atoms with Crippen LogP contribution in [0.2, 0.25) is 0 Å². The lowest BCUT2D eigenvalue weighted by molar-refractivity contribution is -0.268. The number of carbonyl (C=O) groups is 1. The topological polar surface area (TPSA) is 72.5 Å². The van der Waals surface area contributed by atoms with Crippen LogP contribution in [0.3, 0.4) is 0 Å². The molecule has 0 bridgehead atoms. The SMILES string of the molecule is CCCCOC[C@H]1O[C@@H](c2cc(Cc3cc4cccccc-4c3C(=O)OC)ccc2C)[C@H](OCCCC)[C@@H](OCCCC)[C@@H]1OCCCC. The molecular weight excluding hydrogens is 616 g/mol. The first-order valence-corrected chi connectivity index (χ1v) is 18.7. The molecule has 0 aromatic heterocycles. The number of methoxy groups -OCH3 is 1. The van der Waals surface area contributed by atoms with Crippen molar-refractivity contribution in [2.45, 2.75) is 123 Å². The molecule has 1 heterocycles. The Morgan fingerprint density at radius 2 is 1.37 bits per heavy atom. The molecule has 7 heteroatoms. The smallest absolute Gasteiger partial charge is 0.338 e. The zero-order chi connectivity index (χ0) is 35.0. The third kappa shape index (κ3) is 10.6. The number of ether oxygens (including phenoxy) is 6. The van der Waals surface area contributed by atoms with Crippen molar-refractivity contribution in [3.8, 4) is 11.1 Å². The first kappa shape index (κ1) is 39.0. The zero-order valence-corrected chi connectivity index (χ0v) is 30.8. The number of esters is 1. The number of hydrogen-bond acceptors (Lipinski definition) is 7. The molecule has 1 saturated heterocycles. The minimum atomic E-state index is -0.382. The van der Waals surface area contributed by atoms with Crippen LogP contribution in [-0.4, -0.2) is 70.5 Å². The molecule has 0 spiro atoms. The van der Waals surface area contributed by atoms with E-state index in [1.165, 1.54) is 7.11 Å². The zero-order valence-electron chi connectivity index (χ0n) is 30.8. The molecule has 0 radical (unpaired) electrons. The van der Waals surface area contributed by atoms with Crippen molar-refractivity contribution in [2.24, 2.45) is 0 Å². The Morgan fingerprint density at radius 3 is 2.04 bits per heavy atom. The van der Waals surface area contributed by atoms with Gasteiger partial charge in [-0.15, -0.1) is 0 Å². The summed E-state index contributed by atoms with van der Waals surface area (Å²) in [5, 5.41) is 0. The molecule has 7 nitrogen and oxygen atoms in total. The third-order valence-electron chi connectivity index (χ3n) is 9.41. The minimum absolute atomic E-state index is 0.308. The van der Waals surface area contributed by atoms with E-state index >= 15 is 0 Å². The highest BCUT2D eigenvalue weighted by molar-refractivity contribution is 6.01. The normalized spacial score (nSPS) is 20.9. The predicted octanol–water partition coefficient (Wildman–Crippen LogP) is 9.29. The van der Waals surface area contributed by atoms with Crippen molar-refractivity contribution in [1.82, 2.24) is 0 Å². The van der Waals surface area contributed by atoms with Crippen LogP contribution >= 0.6 is 0 Å². The highest BCUT2D eigenvalue weighted by atomic mass is 16.6. The van der Waals surface area contributed by atoms with E-state index in [-0.39, 0.29) is 36.5 Å². The van der Waals surface area contributed by atoms with E-state index in [1.807, 2.05) is 30.3 Å². The molecule has 1 aliphatic heterocycles. The summed E-state index contributed by atoms with van der Waals surface area (Å²) in [5.74, 6) is -0.323. The van der Waals surface area contributed by atoms with Crippen molar-refractivity contribution >= 4 is 5.97 Å². The molecule has 270 valence electrons. The molecule has 4 rings (SSSR count). The average Bonchev–Trinajstić information content (AvgIpc) is 3.27. The van der Waals surface area contributed by atoms with E-state index in [2.05, 4.69) is 58.9 Å². The van der Waals surface area contributed by atoms with E-state index in [9.17, 15) is 4.79 Å². The van der Waals surface area contributed by atoms with E-state index in [1.54, 1.807) is 0 Å². The summed E-state index contributed by atoms with van der Waals surface area (Å²) >= 11 is 0. The van der Waals surface area contributed by atoms with Crippen molar-refractivity contribution in [2.75, 3.05) is 40.1 Å². The number of aryl methyl sites for hydroxylation is 1. The Balaban J connectivity index is 1.75. The summed E-state index contributed by atoms with van der Waals surface area (Å²) < 4.78 is 38.7. The molecule has 1 aromatic rings. The molecular formula is C42H60O7. The fourth-order valence-electron chi connectivity index (χ4n) is 6.57. The van der Waals surface area contributed by atoms with E-state index in [0.29, 0.717) is 45.0 Å². The molecule has 5 atom stereocenters. The molecule has 1 aromatic carbocycles. The molecule has 0 N–H and O–H groups in total. The molecule has 0 saturated carbocycles. The second-order valence-electron chi connectivity index (χ2n) is 13.3. The van der Waals surface area contributed by atoms with Crippen molar-refractivity contribution in [3.05, 3.63) is 82.4 Å². The molecule has 49 heavy (non-hydrogen) atoms. The van der Waals surface area contributed by atoms with Crippen molar-refractivity contribution in [3.63, 3.8) is 0 Å². The first-order chi connectivity index (χ1) is 24.0. The van der Waals surface area contributed by atoms with Gasteiger partial charge in [-0.25, -0.2) is 4.79 Å². The second kappa shape index (κ2) is 20.8. The highest BCUT2D eigenvalue weighted by Crippen LogP contribution is 2.40. The summed E-state index contributed by atoms with van der Waals surface area (Å²) in [4.78, 5) is 13.1. The summed E-state index contributed by atoms with van der Waals surface area (Å²) in [6, 6.07) is 18.6. The Bertz CT molecular complexity index is 1370. The maximum absolute atomic E-state index is 13.1. The maximum Gasteiger partial charge on any atom is 0.338 e. The molecule has 0 unspecified atom stereocenters. The van der Waals surface area contributed by atoms with E-state index in [0.717, 1.165) is 84.7 Å². The lowest BCUT2D eigenvalue weighted by Crippen LogP contribution is -2.58. The van der Waals surface area contributed by atoms with Gasteiger partial charge in [-0.3, -0.25) is 0 Å². The predicted molar refractivity (Wildman–Crippen MR) is 196 cm³/mol. The van der Waals surface area contributed by atoms with Gasteiger partial charge in [-0.2, -0.15) is 0 Å². The van der Waals surface area contributed by atoms with Gasteiger partial charge < -0.3 is 28.4 Å². The van der Waals surface area contributed by atoms with Gasteiger partial charge in [0.15, 0.2) is 0 Å². The van der Waals surface area contributed by atoms with Gasteiger partial charge in [0.1, 0.15) is 30.5 Å². The first-order valence-electron chi connectivity index (χ1n) is 18.7. The fourth-order valence-corrected chi connectivity index (χ4v) is 6.57. The highest BCUT2D eigenvalue weighted by Gasteiger charge is 2.49. The van der Waals surface area contributed by atoms with Crippen LogP contribution in [0, 0.1) is 6.92 Å². The maximum atomic E-state index is 13.1. The van der Waals surface area contributed by atoms with E-state index < -0.39 is 0 Å². The minimum Gasteiger partial charge on any atom is -0.465 e. The average molecular weight is 677 g/mol. The van der Waals surface area contributed by atoms with E-state index in [4.69, 9.17) is 28.4 Å². The number of unbranched alkanes of at least 4 members (excludes halogenated alkanes) is 4. The third-order valence-corrected chi connectivity index (χ3v) is 9.41. The van der Waals surface area contributed by atoms with Crippen LogP contribution < -0.4 is 0 Å². The largest absolute Gasteiger partial charge is 0.465 e. The Morgan fingerprint density at radius 1 is 0.735 bits per heavy atom. The molecule has 0 amide bonds. The molecule has 2 aliphatic carbocycles. The second-order valence-corrected chi connectivity index (χ2v) is 13.3. The monoisotopic (exact) mass is 676 g/mol. The van der Waals surface area contributed by atoms with Gasteiger partial charge in [0.25, 0.3) is 0 Å². The van der Waals surface area contributed by atoms with Crippen LogP contribution in [0.4, 0.5) is 0 Å².